The van der Waals surface area contributed by atoms with Gasteiger partial charge in [-0.1, -0.05) is 31.0 Å². The van der Waals surface area contributed by atoms with Crippen molar-refractivity contribution in [3.8, 4) is 5.75 Å². The number of amides is 2. The summed E-state index contributed by atoms with van der Waals surface area (Å²) >= 11 is 5.87. The molecule has 6 N–H and O–H groups in total. The van der Waals surface area contributed by atoms with Crippen LogP contribution in [0, 0.1) is 0 Å². The lowest BCUT2D eigenvalue weighted by Gasteiger charge is -2.32. The Morgan fingerprint density at radius 1 is 0.800 bits per heavy atom. The lowest BCUT2D eigenvalue weighted by Crippen LogP contribution is -2.52. The van der Waals surface area contributed by atoms with Gasteiger partial charge in [-0.2, -0.15) is 0 Å². The average molecular weight is 1130 g/mol. The maximum Gasteiger partial charge on any atom is 0.505 e. The summed E-state index contributed by atoms with van der Waals surface area (Å²) in [7, 11) is -2.18. The maximum absolute atomic E-state index is 14.7. The van der Waals surface area contributed by atoms with E-state index in [1.165, 1.54) is 25.7 Å². The Hall–Kier alpha value is -4.26. The van der Waals surface area contributed by atoms with Crippen molar-refractivity contribution in [2.75, 3.05) is 19.9 Å². The van der Waals surface area contributed by atoms with Gasteiger partial charge in [0.25, 0.3) is 11.7 Å². The van der Waals surface area contributed by atoms with Crippen LogP contribution in [0.2, 0.25) is 0 Å². The fourth-order valence-electron chi connectivity index (χ4n) is 8.26. The fourth-order valence-corrected chi connectivity index (χ4v) is 10.3. The van der Waals surface area contributed by atoms with Crippen LogP contribution in [-0.4, -0.2) is 152 Å². The van der Waals surface area contributed by atoms with E-state index >= 15 is 0 Å². The summed E-state index contributed by atoms with van der Waals surface area (Å²) in [5, 5.41) is 30.8. The van der Waals surface area contributed by atoms with Gasteiger partial charge < -0.3 is 44.5 Å². The fraction of sp³-hybridized carbons (Fsp3) is 0.660. The smallest absolute Gasteiger partial charge is 0.461 e. The Bertz CT molecular complexity index is 2290. The molecule has 4 fully saturated rings. The molecule has 75 heavy (non-hydrogen) atoms. The van der Waals surface area contributed by atoms with Crippen molar-refractivity contribution in [3.63, 3.8) is 0 Å². The van der Waals surface area contributed by atoms with Gasteiger partial charge in [-0.25, -0.2) is 27.2 Å². The van der Waals surface area contributed by atoms with E-state index in [-0.39, 0.29) is 18.2 Å². The molecule has 0 spiro atoms. The molecule has 2 unspecified atom stereocenters. The highest BCUT2D eigenvalue weighted by molar-refractivity contribution is 7.84. The number of esters is 2. The standard InChI is InChI=1S/C15H21ClNO4P.C12H15F2NO6P.C11H13F2NO5.C9H17NO2/c1-12(15(18)20-13-8-4-2-5-9-13)17-22(16,19)21-14-10-6-3-7-11-14;1-11(13)9(18)12(14,6-20-22(2)19)21-10(11)15-4-3-7(16)5-8(15)17;1-10(12)8(18)11(13,5-15)19-9(10)14-3-2-6(16)4-7(14)17;1-7(10)9(11)12-8-5-3-2-4-6-8/h3,6-7,10-13H,2,4-5,8-9H2,1H3,(H,17,19);3-4,9-10,18H,5-6H2,1-2H3;2-3,8-9,15,18H,4-5H2,1H3;7-8H,2-6,10H2,1H3/q;+1;;/t12-,22?;9-,10+,11+,12+;8-,9+,10+,11+;7-/m0000/s1. The first-order valence-corrected chi connectivity index (χ1v) is 28.3. The van der Waals surface area contributed by atoms with Crippen molar-refractivity contribution in [2.24, 2.45) is 5.73 Å². The van der Waals surface area contributed by atoms with Crippen LogP contribution in [0.5, 0.6) is 5.75 Å². The van der Waals surface area contributed by atoms with E-state index in [0.29, 0.717) is 10.6 Å². The lowest BCUT2D eigenvalue weighted by atomic mass is 9.96. The quantitative estimate of drug-likeness (QED) is 0.0647. The van der Waals surface area contributed by atoms with E-state index in [0.717, 1.165) is 88.5 Å². The third-order valence-electron chi connectivity index (χ3n) is 12.4. The molecule has 4 aliphatic heterocycles. The highest BCUT2D eigenvalue weighted by Gasteiger charge is 2.67. The van der Waals surface area contributed by atoms with Gasteiger partial charge in [-0.3, -0.25) is 38.6 Å². The molecule has 12 atom stereocenters. The predicted molar refractivity (Wildman–Crippen MR) is 259 cm³/mol. The van der Waals surface area contributed by atoms with Gasteiger partial charge in [-0.05, 0) is 108 Å². The molecule has 28 heteroatoms. The topological polar surface area (TPSA) is 297 Å². The molecule has 2 aliphatic carbocycles. The van der Waals surface area contributed by atoms with Crippen LogP contribution in [0.25, 0.3) is 0 Å². The molecule has 2 saturated carbocycles. The SMILES string of the molecule is C[C@H](N)C(=O)OC1CCCCC1.C[C@H](NP(=O)(Cl)Oc1ccccc1)C(=O)OC1CCCCC1.C[C@]1(F)[C@H](N2C=CC(=O)CC2=O)O[C@](F)(CO)[C@H]1O.C[P+](=O)OC[C@@]1(F)O[C@@H](N2C=CC(=O)CC2=O)[C@](C)(F)[C@@H]1O. The number of ether oxygens (including phenoxy) is 4. The Morgan fingerprint density at radius 2 is 1.23 bits per heavy atom. The van der Waals surface area contributed by atoms with E-state index in [9.17, 15) is 65.7 Å². The van der Waals surface area contributed by atoms with Crippen molar-refractivity contribution in [1.82, 2.24) is 14.9 Å². The Kier molecular flexibility index (Phi) is 23.1. The molecule has 0 bridgehead atoms. The van der Waals surface area contributed by atoms with Crippen LogP contribution in [0.15, 0.2) is 54.9 Å². The number of nitrogens with one attached hydrogen (secondary N) is 1. The molecular formula is C47H66ClF4N4O17P2+. The van der Waals surface area contributed by atoms with Crippen molar-refractivity contribution in [2.45, 2.75) is 177 Å². The van der Waals surface area contributed by atoms with Gasteiger partial charge in [0.15, 0.2) is 60.8 Å². The second kappa shape index (κ2) is 27.4. The lowest BCUT2D eigenvalue weighted by molar-refractivity contribution is -0.212. The number of carbonyl (C=O) groups excluding carboxylic acids is 6. The van der Waals surface area contributed by atoms with Gasteiger partial charge in [0.05, 0.1) is 12.8 Å². The maximum atomic E-state index is 14.7. The van der Waals surface area contributed by atoms with Gasteiger partial charge in [0, 0.05) is 23.6 Å². The number of nitrogens with zero attached hydrogens (tertiary/aromatic N) is 2. The molecule has 2 saturated heterocycles. The molecule has 1 aromatic rings. The molecule has 0 radical (unpaired) electrons. The number of hydrogen-bond acceptors (Lipinski definition) is 18. The Balaban J connectivity index is 0.000000221. The molecule has 2 amide bonds. The van der Waals surface area contributed by atoms with Gasteiger partial charge in [0.1, 0.15) is 36.6 Å². The third kappa shape index (κ3) is 17.6. The second-order valence-corrected chi connectivity index (χ2v) is 22.8. The first-order valence-electron chi connectivity index (χ1n) is 24.1. The number of halogens is 5. The molecule has 420 valence electrons. The van der Waals surface area contributed by atoms with E-state index in [1.807, 2.05) is 6.07 Å². The number of carbonyl (C=O) groups is 6. The molecule has 7 rings (SSSR count). The molecule has 1 aromatic carbocycles. The zero-order chi connectivity index (χ0) is 56.1. The summed E-state index contributed by atoms with van der Waals surface area (Å²) in [6.45, 7) is 0.240. The molecule has 4 heterocycles. The normalized spacial score (nSPS) is 31.8. The molecule has 0 aromatic heterocycles. The monoisotopic (exact) mass is 1130 g/mol. The first kappa shape index (κ1) is 63.3. The third-order valence-corrected chi connectivity index (χ3v) is 14.5. The number of nitrogens with two attached hydrogens (primary N) is 1. The summed E-state index contributed by atoms with van der Waals surface area (Å²) in [6, 6.07) is 7.30. The Labute approximate surface area is 436 Å². The number of benzene rings is 1. The van der Waals surface area contributed by atoms with Crippen molar-refractivity contribution in [3.05, 3.63) is 54.9 Å². The van der Waals surface area contributed by atoms with Crippen LogP contribution >= 0.6 is 26.1 Å². The summed E-state index contributed by atoms with van der Waals surface area (Å²) in [6.07, 6.45) is 5.84. The van der Waals surface area contributed by atoms with Crippen LogP contribution in [-0.2, 0) is 61.4 Å². The number of hydrogen-bond donors (Lipinski definition) is 5. The van der Waals surface area contributed by atoms with E-state index < -0.39 is 130 Å². The summed E-state index contributed by atoms with van der Waals surface area (Å²) < 4.78 is 111. The van der Waals surface area contributed by atoms with Crippen molar-refractivity contribution in [1.29, 1.82) is 0 Å². The average Bonchev–Trinajstić information content (AvgIpc) is 3.64. The Morgan fingerprint density at radius 3 is 1.63 bits per heavy atom. The number of alkyl halides is 4. The zero-order valence-corrected chi connectivity index (χ0v) is 44.6. The van der Waals surface area contributed by atoms with Crippen LogP contribution < -0.4 is 15.3 Å². The van der Waals surface area contributed by atoms with Crippen LogP contribution in [0.3, 0.4) is 0 Å². The van der Waals surface area contributed by atoms with Gasteiger partial charge >= 0.3 is 26.8 Å². The highest BCUT2D eigenvalue weighted by atomic mass is 35.7. The van der Waals surface area contributed by atoms with E-state index in [1.54, 1.807) is 38.1 Å². The van der Waals surface area contributed by atoms with Crippen LogP contribution in [0.1, 0.15) is 105 Å². The van der Waals surface area contributed by atoms with E-state index in [4.69, 9.17) is 40.8 Å². The summed E-state index contributed by atoms with van der Waals surface area (Å²) in [5.41, 5.74) is 0.0966. The summed E-state index contributed by atoms with van der Waals surface area (Å²) in [5.74, 6) is -8.79. The highest BCUT2D eigenvalue weighted by Crippen LogP contribution is 2.49. The minimum absolute atomic E-state index is 0.0461. The van der Waals surface area contributed by atoms with E-state index in [2.05, 4.69) is 14.3 Å². The predicted octanol–water partition coefficient (Wildman–Crippen LogP) is 5.68. The number of allylic oxidation sites excluding steroid dienone is 2. The van der Waals surface area contributed by atoms with Crippen LogP contribution in [0.4, 0.5) is 17.6 Å². The largest absolute Gasteiger partial charge is 0.505 e. The minimum atomic E-state index is -3.66. The first-order chi connectivity index (χ1) is 35.0. The number of aliphatic hydroxyl groups excluding tert-OH is 3. The second-order valence-electron chi connectivity index (χ2n) is 18.9. The molecule has 6 aliphatic rings. The van der Waals surface area contributed by atoms with Crippen molar-refractivity contribution >= 4 is 61.5 Å². The number of ketones is 2. The van der Waals surface area contributed by atoms with Crippen molar-refractivity contribution < 1.29 is 98.8 Å². The minimum Gasteiger partial charge on any atom is -0.461 e. The summed E-state index contributed by atoms with van der Waals surface area (Å²) in [4.78, 5) is 70.1. The van der Waals surface area contributed by atoms with Gasteiger partial charge in [-0.15, -0.1) is 4.52 Å². The molecule has 21 nitrogen and oxygen atoms in total. The molecular weight excluding hydrogens is 1070 g/mol. The zero-order valence-electron chi connectivity index (χ0n) is 42.0. The van der Waals surface area contributed by atoms with Gasteiger partial charge in [0.2, 0.25) is 11.8 Å². The number of aliphatic hydroxyl groups is 3. The number of rotatable bonds is 14. The number of para-hydroxylation sites is 1.